The maximum atomic E-state index is 13.4. The van der Waals surface area contributed by atoms with Crippen molar-refractivity contribution in [3.63, 3.8) is 0 Å². The summed E-state index contributed by atoms with van der Waals surface area (Å²) in [5.41, 5.74) is 16.0. The molecular formula is C53H71N9O5S. The fourth-order valence-corrected chi connectivity index (χ4v) is 10.5. The number of para-hydroxylation sites is 1. The Balaban J connectivity index is 1.00. The van der Waals surface area contributed by atoms with Gasteiger partial charge in [0.2, 0.25) is 0 Å². The highest BCUT2D eigenvalue weighted by Crippen LogP contribution is 2.38. The lowest BCUT2D eigenvalue weighted by molar-refractivity contribution is 0.0335. The highest BCUT2D eigenvalue weighted by molar-refractivity contribution is 7.94. The summed E-state index contributed by atoms with van der Waals surface area (Å²) in [5.74, 6) is 1.71. The van der Waals surface area contributed by atoms with Crippen molar-refractivity contribution in [3.8, 4) is 22.6 Å². The highest BCUT2D eigenvalue weighted by Gasteiger charge is 2.26. The van der Waals surface area contributed by atoms with Gasteiger partial charge >= 0.3 is 0 Å². The Kier molecular flexibility index (Phi) is 17.8. The number of rotatable bonds is 24. The van der Waals surface area contributed by atoms with E-state index in [1.165, 1.54) is 11.3 Å². The second kappa shape index (κ2) is 24.5. The molecule has 0 amide bonds. The summed E-state index contributed by atoms with van der Waals surface area (Å²) >= 11 is 1.78. The molecule has 2 saturated heterocycles. The van der Waals surface area contributed by atoms with Crippen LogP contribution in [0, 0.1) is 6.92 Å². The third-order valence-electron chi connectivity index (χ3n) is 13.2. The fourth-order valence-electron chi connectivity index (χ4n) is 9.73. The van der Waals surface area contributed by atoms with Crippen LogP contribution < -0.4 is 20.1 Å². The van der Waals surface area contributed by atoms with Crippen LogP contribution in [0.2, 0.25) is 0 Å². The van der Waals surface area contributed by atoms with Crippen molar-refractivity contribution < 1.29 is 23.7 Å². The van der Waals surface area contributed by atoms with Crippen molar-refractivity contribution >= 4 is 41.1 Å². The van der Waals surface area contributed by atoms with E-state index in [9.17, 15) is 4.79 Å². The topological polar surface area (TPSA) is 119 Å². The molecule has 0 radical (unpaired) electrons. The van der Waals surface area contributed by atoms with Gasteiger partial charge in [0.05, 0.1) is 55.6 Å². The van der Waals surface area contributed by atoms with Gasteiger partial charge in [-0.15, -0.1) is 0 Å². The Bertz CT molecular complexity index is 2470. The zero-order chi connectivity index (χ0) is 47.2. The van der Waals surface area contributed by atoms with Crippen LogP contribution in [0.15, 0.2) is 78.9 Å². The van der Waals surface area contributed by atoms with Crippen LogP contribution in [0.5, 0.6) is 11.5 Å². The van der Waals surface area contributed by atoms with Crippen LogP contribution >= 0.6 is 12.1 Å². The Morgan fingerprint density at radius 2 is 1.56 bits per heavy atom. The minimum atomic E-state index is 0.347. The number of carbonyl (C=O) groups is 1. The summed E-state index contributed by atoms with van der Waals surface area (Å²) in [6.07, 6.45) is 11.9. The van der Waals surface area contributed by atoms with Gasteiger partial charge in [0.25, 0.3) is 0 Å². The van der Waals surface area contributed by atoms with E-state index in [0.29, 0.717) is 59.2 Å². The number of carbonyl (C=O) groups excluding carboxylic acids is 1. The Morgan fingerprint density at radius 3 is 2.31 bits per heavy atom. The van der Waals surface area contributed by atoms with Crippen LogP contribution in [0.3, 0.4) is 0 Å². The third-order valence-corrected chi connectivity index (χ3v) is 14.1. The molecule has 0 spiro atoms. The van der Waals surface area contributed by atoms with E-state index in [-0.39, 0.29) is 0 Å². The van der Waals surface area contributed by atoms with E-state index in [2.05, 4.69) is 134 Å². The smallest absolute Gasteiger partial charge is 0.166 e. The maximum absolute atomic E-state index is 13.4. The van der Waals surface area contributed by atoms with E-state index in [4.69, 9.17) is 29.8 Å². The summed E-state index contributed by atoms with van der Waals surface area (Å²) in [7, 11) is 6.17. The van der Waals surface area contributed by atoms with Crippen molar-refractivity contribution in [2.75, 3.05) is 124 Å². The molecule has 2 N–H and O–H groups in total. The van der Waals surface area contributed by atoms with Crippen LogP contribution in [-0.4, -0.2) is 158 Å². The molecule has 0 unspecified atom stereocenters. The summed E-state index contributed by atoms with van der Waals surface area (Å²) < 4.78 is 33.1. The molecule has 3 aromatic carbocycles. The molecule has 5 aromatic rings. The number of aromatic nitrogens is 3. The lowest BCUT2D eigenvalue weighted by atomic mass is 9.98. The maximum Gasteiger partial charge on any atom is 0.166 e. The van der Waals surface area contributed by atoms with Crippen molar-refractivity contribution in [2.24, 2.45) is 12.8 Å². The van der Waals surface area contributed by atoms with Crippen LogP contribution in [0.1, 0.15) is 45.0 Å². The van der Waals surface area contributed by atoms with Gasteiger partial charge in [-0.3, -0.25) is 19.3 Å². The van der Waals surface area contributed by atoms with Gasteiger partial charge in [0, 0.05) is 125 Å². The molecule has 1 aliphatic carbocycles. The largest absolute Gasteiger partial charge is 0.493 e. The van der Waals surface area contributed by atoms with E-state index in [1.807, 2.05) is 11.7 Å². The van der Waals surface area contributed by atoms with Gasteiger partial charge in [-0.25, -0.2) is 8.61 Å². The number of piperazine rings is 2. The first-order valence-electron chi connectivity index (χ1n) is 24.4. The summed E-state index contributed by atoms with van der Waals surface area (Å²) in [4.78, 5) is 20.9. The number of ether oxygens (including phenoxy) is 4. The Labute approximate surface area is 407 Å². The number of hydrogen-bond acceptors (Lipinski definition) is 13. The molecule has 4 heterocycles. The lowest BCUT2D eigenvalue weighted by Crippen LogP contribution is -2.48. The van der Waals surface area contributed by atoms with Crippen LogP contribution in [-0.2, 0) is 42.5 Å². The number of aryl methyl sites for hydroxylation is 3. The minimum Gasteiger partial charge on any atom is -0.493 e. The summed E-state index contributed by atoms with van der Waals surface area (Å²) in [6, 6.07) is 21.3. The summed E-state index contributed by atoms with van der Waals surface area (Å²) in [5, 5.41) is 6.06. The molecule has 2 aromatic heterocycles. The molecule has 0 atom stereocenters. The van der Waals surface area contributed by atoms with E-state index < -0.39 is 0 Å². The average molecular weight is 946 g/mol. The zero-order valence-electron chi connectivity index (χ0n) is 40.6. The van der Waals surface area contributed by atoms with E-state index in [0.717, 1.165) is 146 Å². The molecule has 364 valence electrons. The quantitative estimate of drug-likeness (QED) is 0.0401. The van der Waals surface area contributed by atoms with Crippen molar-refractivity contribution in [1.82, 2.24) is 32.8 Å². The predicted octanol–water partition coefficient (Wildman–Crippen LogP) is 6.74. The fraction of sp³-hybridized carbons (Fsp3) is 0.472. The third kappa shape index (κ3) is 12.4. The molecule has 0 bridgehead atoms. The Morgan fingerprint density at radius 1 is 0.809 bits per heavy atom. The van der Waals surface area contributed by atoms with Crippen molar-refractivity contribution in [2.45, 2.75) is 39.3 Å². The van der Waals surface area contributed by atoms with Gasteiger partial charge < -0.3 is 34.1 Å². The molecular weight excluding hydrogens is 875 g/mol. The first-order chi connectivity index (χ1) is 33.3. The zero-order valence-corrected chi connectivity index (χ0v) is 41.4. The molecule has 8 rings (SSSR count). The van der Waals surface area contributed by atoms with Crippen molar-refractivity contribution in [3.05, 3.63) is 113 Å². The number of nitrogens with zero attached hydrogens (tertiary/aromatic N) is 8. The summed E-state index contributed by atoms with van der Waals surface area (Å²) in [6.45, 7) is 16.2. The van der Waals surface area contributed by atoms with E-state index in [1.54, 1.807) is 12.1 Å². The SMILES string of the molecule is Cc1nn(C)c(COc2ccc(N3CCN(SN(C)C)CC3)cc2)c1-c1cccc2c(CCCOc3cccc4c3C=CC=CC4)c(C=O)n(CCN3CCN(CCOCCOCCN)CC3)c12. The molecule has 68 heavy (non-hydrogen) atoms. The molecule has 14 nitrogen and oxygen atoms in total. The minimum absolute atomic E-state index is 0.347. The van der Waals surface area contributed by atoms with Gasteiger partial charge in [-0.05, 0) is 81.7 Å². The first-order valence-corrected chi connectivity index (χ1v) is 25.1. The number of benzene rings is 3. The van der Waals surface area contributed by atoms with Crippen LogP contribution in [0.25, 0.3) is 28.1 Å². The van der Waals surface area contributed by atoms with E-state index >= 15 is 0 Å². The molecule has 2 fully saturated rings. The number of fused-ring (bicyclic) bond motifs is 2. The number of anilines is 1. The monoisotopic (exact) mass is 946 g/mol. The van der Waals surface area contributed by atoms with Gasteiger partial charge in [0.15, 0.2) is 6.29 Å². The normalized spacial score (nSPS) is 15.9. The standard InChI is InChI=1S/C53H71N9O5S/c1-41-52(50(57(4)55-41)40-67-44-20-18-43(19-21-44)60-28-30-61(31-29-60)68-56(2)3)48-15-9-14-47-46(16-10-34-66-51-17-8-12-42-11-6-5-7-13-45(42)51)49(39-63)62(53(47)48)32-27-58-23-25-59(26-24-58)33-36-65-38-37-64-35-22-54/h5-9,12-15,17-21,39H,10-11,16,22-38,40,54H2,1-4H3. The number of aldehydes is 1. The lowest BCUT2D eigenvalue weighted by Gasteiger charge is -2.36. The number of nitrogens with two attached hydrogens (primary N) is 1. The molecule has 3 aliphatic rings. The second-order valence-corrected chi connectivity index (χ2v) is 19.3. The molecule has 15 heteroatoms. The van der Waals surface area contributed by atoms with Gasteiger partial charge in [-0.1, -0.05) is 54.6 Å². The van der Waals surface area contributed by atoms with Gasteiger partial charge in [-0.2, -0.15) is 5.10 Å². The number of hydrogen-bond donors (Lipinski definition) is 1. The first kappa shape index (κ1) is 49.5. The molecule has 2 aliphatic heterocycles. The predicted molar refractivity (Wildman–Crippen MR) is 276 cm³/mol. The molecule has 0 saturated carbocycles. The van der Waals surface area contributed by atoms with Crippen molar-refractivity contribution in [1.29, 1.82) is 0 Å². The highest BCUT2D eigenvalue weighted by atomic mass is 32.2. The van der Waals surface area contributed by atoms with Crippen LogP contribution in [0.4, 0.5) is 5.69 Å². The van der Waals surface area contributed by atoms with Gasteiger partial charge in [0.1, 0.15) is 18.1 Å². The second-order valence-electron chi connectivity index (χ2n) is 17.9. The average Bonchev–Trinajstić information content (AvgIpc) is 3.68. The Hall–Kier alpha value is -4.97. The number of allylic oxidation sites excluding steroid dienone is 3.